The molecule has 0 unspecified atom stereocenters. The van der Waals surface area contributed by atoms with Crippen LogP contribution in [0.2, 0.25) is 0 Å². The fourth-order valence-electron chi connectivity index (χ4n) is 2.68. The minimum atomic E-state index is -3.95. The molecule has 1 aliphatic heterocycles. The van der Waals surface area contributed by atoms with Crippen molar-refractivity contribution in [2.45, 2.75) is 11.5 Å². The molecule has 1 fully saturated rings. The Morgan fingerprint density at radius 1 is 1.00 bits per heavy atom. The average Bonchev–Trinajstić information content (AvgIpc) is 2.64. The zero-order chi connectivity index (χ0) is 19.6. The molecule has 2 heterocycles. The van der Waals surface area contributed by atoms with E-state index in [9.17, 15) is 26.0 Å². The summed E-state index contributed by atoms with van der Waals surface area (Å²) in [6.45, 7) is -2.13. The fourth-order valence-corrected chi connectivity index (χ4v) is 4.11. The van der Waals surface area contributed by atoms with Crippen LogP contribution in [0.1, 0.15) is 0 Å². The SMILES string of the molecule is O=S(=O)(c1ccc(F)c(F)c1)N1CCN(c2ccc(OC(F)F)cn2)CC1. The lowest BCUT2D eigenvalue weighted by molar-refractivity contribution is -0.0500. The molecule has 146 valence electrons. The molecular weight excluding hydrogens is 390 g/mol. The molecule has 6 nitrogen and oxygen atoms in total. The third kappa shape index (κ3) is 4.30. The summed E-state index contributed by atoms with van der Waals surface area (Å²) in [5.41, 5.74) is 0. The van der Waals surface area contributed by atoms with E-state index < -0.39 is 28.3 Å². The number of hydrogen-bond acceptors (Lipinski definition) is 5. The second kappa shape index (κ2) is 7.69. The maximum Gasteiger partial charge on any atom is 0.387 e. The maximum atomic E-state index is 13.3. The molecule has 0 N–H and O–H groups in total. The number of pyridine rings is 1. The molecular formula is C16H15F4N3O3S. The Hall–Kier alpha value is -2.40. The van der Waals surface area contributed by atoms with Crippen LogP contribution in [0.5, 0.6) is 5.75 Å². The van der Waals surface area contributed by atoms with Crippen LogP contribution in [-0.2, 0) is 10.0 Å². The second-order valence-corrected chi connectivity index (χ2v) is 7.64. The Kier molecular flexibility index (Phi) is 5.51. The number of anilines is 1. The van der Waals surface area contributed by atoms with E-state index in [4.69, 9.17) is 0 Å². The highest BCUT2D eigenvalue weighted by molar-refractivity contribution is 7.89. The summed E-state index contributed by atoms with van der Waals surface area (Å²) in [6, 6.07) is 5.28. The van der Waals surface area contributed by atoms with E-state index in [2.05, 4.69) is 9.72 Å². The van der Waals surface area contributed by atoms with E-state index in [0.717, 1.165) is 18.3 Å². The largest absolute Gasteiger partial charge is 0.433 e. The minimum Gasteiger partial charge on any atom is -0.433 e. The second-order valence-electron chi connectivity index (χ2n) is 5.70. The minimum absolute atomic E-state index is 0.0756. The highest BCUT2D eigenvalue weighted by atomic mass is 32.2. The molecule has 11 heteroatoms. The van der Waals surface area contributed by atoms with Crippen LogP contribution < -0.4 is 9.64 Å². The van der Waals surface area contributed by atoms with Gasteiger partial charge >= 0.3 is 6.61 Å². The van der Waals surface area contributed by atoms with Gasteiger partial charge in [0.2, 0.25) is 10.0 Å². The number of piperazine rings is 1. The van der Waals surface area contributed by atoms with Crippen LogP contribution in [0, 0.1) is 11.6 Å². The molecule has 0 spiro atoms. The van der Waals surface area contributed by atoms with Gasteiger partial charge in [0.25, 0.3) is 0 Å². The summed E-state index contributed by atoms with van der Waals surface area (Å²) >= 11 is 0. The average molecular weight is 405 g/mol. The molecule has 0 bridgehead atoms. The Balaban J connectivity index is 1.66. The van der Waals surface area contributed by atoms with Crippen molar-refractivity contribution >= 4 is 15.8 Å². The van der Waals surface area contributed by atoms with Crippen LogP contribution >= 0.6 is 0 Å². The molecule has 2 aromatic rings. The summed E-state index contributed by atoms with van der Waals surface area (Å²) in [7, 11) is -3.95. The quantitative estimate of drug-likeness (QED) is 0.716. The third-order valence-corrected chi connectivity index (χ3v) is 5.93. The predicted molar refractivity (Wildman–Crippen MR) is 88.2 cm³/mol. The highest BCUT2D eigenvalue weighted by Gasteiger charge is 2.29. The molecule has 1 aliphatic rings. The Morgan fingerprint density at radius 2 is 1.70 bits per heavy atom. The molecule has 0 radical (unpaired) electrons. The van der Waals surface area contributed by atoms with Crippen LogP contribution in [0.25, 0.3) is 0 Å². The first kappa shape index (κ1) is 19.4. The van der Waals surface area contributed by atoms with Crippen molar-refractivity contribution in [2.24, 2.45) is 0 Å². The number of nitrogens with zero attached hydrogens (tertiary/aromatic N) is 3. The van der Waals surface area contributed by atoms with Crippen molar-refractivity contribution in [2.75, 3.05) is 31.1 Å². The van der Waals surface area contributed by atoms with Gasteiger partial charge in [0.15, 0.2) is 11.6 Å². The number of hydrogen-bond donors (Lipinski definition) is 0. The summed E-state index contributed by atoms with van der Waals surface area (Å²) in [6.07, 6.45) is 1.16. The van der Waals surface area contributed by atoms with Crippen molar-refractivity contribution in [1.82, 2.24) is 9.29 Å². The van der Waals surface area contributed by atoms with Gasteiger partial charge in [-0.15, -0.1) is 0 Å². The normalized spacial score (nSPS) is 16.0. The van der Waals surface area contributed by atoms with Gasteiger partial charge in [-0.25, -0.2) is 22.2 Å². The number of benzene rings is 1. The zero-order valence-electron chi connectivity index (χ0n) is 13.9. The van der Waals surface area contributed by atoms with Crippen LogP contribution in [-0.4, -0.2) is 50.5 Å². The van der Waals surface area contributed by atoms with E-state index in [1.165, 1.54) is 16.4 Å². The van der Waals surface area contributed by atoms with Gasteiger partial charge < -0.3 is 9.64 Å². The van der Waals surface area contributed by atoms with Gasteiger partial charge in [0, 0.05) is 26.2 Å². The van der Waals surface area contributed by atoms with E-state index in [0.29, 0.717) is 25.0 Å². The summed E-state index contributed by atoms with van der Waals surface area (Å²) in [5.74, 6) is -1.94. The summed E-state index contributed by atoms with van der Waals surface area (Å²) in [4.78, 5) is 5.49. The molecule has 0 saturated carbocycles. The van der Waals surface area contributed by atoms with E-state index in [1.807, 2.05) is 0 Å². The topological polar surface area (TPSA) is 62.7 Å². The molecule has 1 aromatic heterocycles. The lowest BCUT2D eigenvalue weighted by Gasteiger charge is -2.34. The Bertz CT molecular complexity index is 902. The highest BCUT2D eigenvalue weighted by Crippen LogP contribution is 2.23. The van der Waals surface area contributed by atoms with Crippen LogP contribution in [0.15, 0.2) is 41.4 Å². The fraction of sp³-hybridized carbons (Fsp3) is 0.312. The van der Waals surface area contributed by atoms with E-state index >= 15 is 0 Å². The van der Waals surface area contributed by atoms with Crippen molar-refractivity contribution < 1.29 is 30.7 Å². The number of ether oxygens (including phenoxy) is 1. The number of aromatic nitrogens is 1. The van der Waals surface area contributed by atoms with Gasteiger partial charge in [0.05, 0.1) is 11.1 Å². The number of halogens is 4. The first-order valence-corrected chi connectivity index (χ1v) is 9.32. The molecule has 1 aromatic carbocycles. The lowest BCUT2D eigenvalue weighted by atomic mass is 10.3. The van der Waals surface area contributed by atoms with Gasteiger partial charge in [-0.2, -0.15) is 13.1 Å². The first-order chi connectivity index (χ1) is 12.8. The monoisotopic (exact) mass is 405 g/mol. The lowest BCUT2D eigenvalue weighted by Crippen LogP contribution is -2.48. The molecule has 27 heavy (non-hydrogen) atoms. The molecule has 3 rings (SSSR count). The standard InChI is InChI=1S/C16H15F4N3O3S/c17-13-3-2-12(9-14(13)18)27(24,25)23-7-5-22(6-8-23)15-4-1-11(10-21-15)26-16(19)20/h1-4,9-10,16H,5-8H2. The Morgan fingerprint density at radius 3 is 2.26 bits per heavy atom. The van der Waals surface area contributed by atoms with Crippen LogP contribution in [0.4, 0.5) is 23.4 Å². The predicted octanol–water partition coefficient (Wildman–Crippen LogP) is 2.47. The van der Waals surface area contributed by atoms with Gasteiger partial charge in [-0.05, 0) is 30.3 Å². The smallest absolute Gasteiger partial charge is 0.387 e. The molecule has 0 amide bonds. The number of alkyl halides is 2. The van der Waals surface area contributed by atoms with E-state index in [-0.39, 0.29) is 23.7 Å². The molecule has 0 atom stereocenters. The van der Waals surface area contributed by atoms with Crippen molar-refractivity contribution in [3.8, 4) is 5.75 Å². The third-order valence-electron chi connectivity index (χ3n) is 4.04. The number of sulfonamides is 1. The summed E-state index contributed by atoms with van der Waals surface area (Å²) < 4.78 is 81.2. The number of rotatable bonds is 5. The van der Waals surface area contributed by atoms with Crippen molar-refractivity contribution in [3.63, 3.8) is 0 Å². The van der Waals surface area contributed by atoms with E-state index in [1.54, 1.807) is 4.90 Å². The summed E-state index contributed by atoms with van der Waals surface area (Å²) in [5, 5.41) is 0. The zero-order valence-corrected chi connectivity index (χ0v) is 14.7. The Labute approximate surface area is 153 Å². The maximum absolute atomic E-state index is 13.3. The first-order valence-electron chi connectivity index (χ1n) is 7.88. The van der Waals surface area contributed by atoms with Crippen LogP contribution in [0.3, 0.4) is 0 Å². The van der Waals surface area contributed by atoms with Gasteiger partial charge in [-0.1, -0.05) is 0 Å². The van der Waals surface area contributed by atoms with Gasteiger partial charge in [-0.3, -0.25) is 0 Å². The molecule has 0 aliphatic carbocycles. The molecule has 1 saturated heterocycles. The van der Waals surface area contributed by atoms with Crippen molar-refractivity contribution in [3.05, 3.63) is 48.2 Å². The van der Waals surface area contributed by atoms with Gasteiger partial charge in [0.1, 0.15) is 11.6 Å². The van der Waals surface area contributed by atoms with Crippen molar-refractivity contribution in [1.29, 1.82) is 0 Å².